The van der Waals surface area contributed by atoms with Gasteiger partial charge in [-0.1, -0.05) is 35.9 Å². The van der Waals surface area contributed by atoms with Gasteiger partial charge in [-0.3, -0.25) is 4.79 Å². The van der Waals surface area contributed by atoms with Gasteiger partial charge in [-0.25, -0.2) is 12.8 Å². The average Bonchev–Trinajstić information content (AvgIpc) is 2.84. The number of nitrogens with zero attached hydrogens (tertiary/aromatic N) is 1. The van der Waals surface area contributed by atoms with E-state index >= 15 is 0 Å². The molecule has 0 unspecified atom stereocenters. The first kappa shape index (κ1) is 23.9. The molecule has 1 aliphatic heterocycles. The van der Waals surface area contributed by atoms with E-state index in [1.165, 1.54) is 16.4 Å². The maximum Gasteiger partial charge on any atom is 0.251 e. The van der Waals surface area contributed by atoms with Gasteiger partial charge in [0.2, 0.25) is 10.0 Å². The number of hydrogen-bond acceptors (Lipinski definition) is 4. The van der Waals surface area contributed by atoms with Crippen molar-refractivity contribution < 1.29 is 22.3 Å². The molecule has 8 heteroatoms. The summed E-state index contributed by atoms with van der Waals surface area (Å²) >= 11 is 0. The van der Waals surface area contributed by atoms with Crippen LogP contribution in [0.1, 0.15) is 34.3 Å². The van der Waals surface area contributed by atoms with E-state index < -0.39 is 10.0 Å². The van der Waals surface area contributed by atoms with Crippen LogP contribution in [0.5, 0.6) is 5.75 Å². The number of benzene rings is 3. The SMILES string of the molecule is Cc1ccc(S(=O)(=O)N2CCC(NC(=O)c3cccc(OCc4ccc(F)cc4)c3)CC2)cc1. The molecule has 34 heavy (non-hydrogen) atoms. The monoisotopic (exact) mass is 482 g/mol. The Morgan fingerprint density at radius 2 is 1.71 bits per heavy atom. The Kier molecular flexibility index (Phi) is 7.29. The number of piperidine rings is 1. The number of sulfonamides is 1. The lowest BCUT2D eigenvalue weighted by molar-refractivity contribution is 0.0923. The second-order valence-corrected chi connectivity index (χ2v) is 10.3. The molecule has 0 atom stereocenters. The molecule has 1 amide bonds. The van der Waals surface area contributed by atoms with Crippen molar-refractivity contribution >= 4 is 15.9 Å². The molecule has 0 bridgehead atoms. The van der Waals surface area contributed by atoms with E-state index in [-0.39, 0.29) is 29.3 Å². The van der Waals surface area contributed by atoms with Crippen LogP contribution >= 0.6 is 0 Å². The topological polar surface area (TPSA) is 75.7 Å². The zero-order valence-electron chi connectivity index (χ0n) is 18.9. The molecule has 1 N–H and O–H groups in total. The lowest BCUT2D eigenvalue weighted by Crippen LogP contribution is -2.46. The zero-order chi connectivity index (χ0) is 24.1. The first-order chi connectivity index (χ1) is 16.3. The molecule has 6 nitrogen and oxygen atoms in total. The third-order valence-corrected chi connectivity index (χ3v) is 7.78. The summed E-state index contributed by atoms with van der Waals surface area (Å²) in [5.41, 5.74) is 2.29. The maximum absolute atomic E-state index is 13.0. The molecule has 0 spiro atoms. The van der Waals surface area contributed by atoms with E-state index in [1.807, 2.05) is 6.92 Å². The lowest BCUT2D eigenvalue weighted by Gasteiger charge is -2.31. The van der Waals surface area contributed by atoms with Gasteiger partial charge in [0.05, 0.1) is 4.90 Å². The molecule has 1 fully saturated rings. The summed E-state index contributed by atoms with van der Waals surface area (Å²) in [6, 6.07) is 19.6. The normalized spacial score (nSPS) is 15.1. The number of nitrogens with one attached hydrogen (secondary N) is 1. The minimum Gasteiger partial charge on any atom is -0.489 e. The molecule has 1 heterocycles. The average molecular weight is 483 g/mol. The number of amides is 1. The number of carbonyl (C=O) groups excluding carboxylic acids is 1. The summed E-state index contributed by atoms with van der Waals surface area (Å²) in [4.78, 5) is 13.1. The third kappa shape index (κ3) is 5.81. The Balaban J connectivity index is 1.31. The van der Waals surface area contributed by atoms with Crippen LogP contribution in [0.4, 0.5) is 4.39 Å². The minimum absolute atomic E-state index is 0.110. The van der Waals surface area contributed by atoms with Crippen molar-refractivity contribution in [3.8, 4) is 5.75 Å². The fourth-order valence-electron chi connectivity index (χ4n) is 3.84. The second kappa shape index (κ2) is 10.4. The Labute approximate surface area is 199 Å². The van der Waals surface area contributed by atoms with Crippen LogP contribution in [0.15, 0.2) is 77.7 Å². The summed E-state index contributed by atoms with van der Waals surface area (Å²) < 4.78 is 46.0. The van der Waals surface area contributed by atoms with Gasteiger partial charge in [-0.05, 0) is 67.8 Å². The second-order valence-electron chi connectivity index (χ2n) is 8.41. The van der Waals surface area contributed by atoms with Crippen molar-refractivity contribution in [1.82, 2.24) is 9.62 Å². The summed E-state index contributed by atoms with van der Waals surface area (Å²) in [5.74, 6) is 0.00376. The highest BCUT2D eigenvalue weighted by atomic mass is 32.2. The van der Waals surface area contributed by atoms with E-state index in [9.17, 15) is 17.6 Å². The fourth-order valence-corrected chi connectivity index (χ4v) is 5.31. The van der Waals surface area contributed by atoms with Crippen LogP contribution in [0.2, 0.25) is 0 Å². The molecule has 1 saturated heterocycles. The van der Waals surface area contributed by atoms with Crippen LogP contribution in [-0.2, 0) is 16.6 Å². The molecule has 4 rings (SSSR count). The van der Waals surface area contributed by atoms with E-state index in [2.05, 4.69) is 5.32 Å². The highest BCUT2D eigenvalue weighted by Crippen LogP contribution is 2.22. The van der Waals surface area contributed by atoms with Crippen molar-refractivity contribution in [1.29, 1.82) is 0 Å². The summed E-state index contributed by atoms with van der Waals surface area (Å²) in [5, 5.41) is 3.00. The highest BCUT2D eigenvalue weighted by molar-refractivity contribution is 7.89. The van der Waals surface area contributed by atoms with E-state index in [0.717, 1.165) is 11.1 Å². The fraction of sp³-hybridized carbons (Fsp3) is 0.269. The molecule has 178 valence electrons. The van der Waals surface area contributed by atoms with Crippen LogP contribution in [0.3, 0.4) is 0 Å². The molecule has 0 aliphatic carbocycles. The number of ether oxygens (including phenoxy) is 1. The van der Waals surface area contributed by atoms with Crippen molar-refractivity contribution in [3.63, 3.8) is 0 Å². The van der Waals surface area contributed by atoms with E-state index in [4.69, 9.17) is 4.74 Å². The van der Waals surface area contributed by atoms with Crippen molar-refractivity contribution in [3.05, 3.63) is 95.3 Å². The summed E-state index contributed by atoms with van der Waals surface area (Å²) in [6.45, 7) is 2.88. The van der Waals surface area contributed by atoms with Gasteiger partial charge < -0.3 is 10.1 Å². The Bertz CT molecular complexity index is 1240. The Morgan fingerprint density at radius 3 is 2.38 bits per heavy atom. The highest BCUT2D eigenvalue weighted by Gasteiger charge is 2.30. The number of halogens is 1. The molecule has 0 aromatic heterocycles. The number of rotatable bonds is 7. The molecule has 0 radical (unpaired) electrons. The quantitative estimate of drug-likeness (QED) is 0.545. The summed E-state index contributed by atoms with van der Waals surface area (Å²) in [7, 11) is -3.54. The Morgan fingerprint density at radius 1 is 1.03 bits per heavy atom. The number of carbonyl (C=O) groups is 1. The van der Waals surface area contributed by atoms with Gasteiger partial charge in [0, 0.05) is 24.7 Å². The molecular weight excluding hydrogens is 455 g/mol. The number of hydrogen-bond donors (Lipinski definition) is 1. The summed E-state index contributed by atoms with van der Waals surface area (Å²) in [6.07, 6.45) is 1.08. The molecular formula is C26H27FN2O4S. The van der Waals surface area contributed by atoms with Gasteiger partial charge in [-0.2, -0.15) is 4.31 Å². The predicted octanol–water partition coefficient (Wildman–Crippen LogP) is 4.30. The van der Waals surface area contributed by atoms with Crippen LogP contribution in [-0.4, -0.2) is 37.8 Å². The minimum atomic E-state index is -3.54. The molecule has 1 aliphatic rings. The van der Waals surface area contributed by atoms with Gasteiger partial charge >= 0.3 is 0 Å². The first-order valence-corrected chi connectivity index (χ1v) is 12.6. The smallest absolute Gasteiger partial charge is 0.251 e. The standard InChI is InChI=1S/C26H27FN2O4S/c1-19-5-11-25(12-6-19)34(31,32)29-15-13-23(14-16-29)28-26(30)21-3-2-4-24(17-21)33-18-20-7-9-22(27)10-8-20/h2-12,17,23H,13-16,18H2,1H3,(H,28,30). The van der Waals surface area contributed by atoms with Gasteiger partial charge in [0.15, 0.2) is 0 Å². The molecule has 0 saturated carbocycles. The van der Waals surface area contributed by atoms with Crippen molar-refractivity contribution in [2.45, 2.75) is 37.3 Å². The maximum atomic E-state index is 13.0. The third-order valence-electron chi connectivity index (χ3n) is 5.86. The number of aryl methyl sites for hydroxylation is 1. The van der Waals surface area contributed by atoms with E-state index in [1.54, 1.807) is 60.7 Å². The lowest BCUT2D eigenvalue weighted by atomic mass is 10.1. The van der Waals surface area contributed by atoms with Gasteiger partial charge in [0.1, 0.15) is 18.2 Å². The van der Waals surface area contributed by atoms with Gasteiger partial charge in [0.25, 0.3) is 5.91 Å². The Hall–Kier alpha value is -3.23. The predicted molar refractivity (Wildman–Crippen MR) is 128 cm³/mol. The van der Waals surface area contributed by atoms with Crippen LogP contribution in [0.25, 0.3) is 0 Å². The molecule has 3 aromatic carbocycles. The van der Waals surface area contributed by atoms with E-state index in [0.29, 0.717) is 37.2 Å². The van der Waals surface area contributed by atoms with Crippen LogP contribution < -0.4 is 10.1 Å². The largest absolute Gasteiger partial charge is 0.489 e. The van der Waals surface area contributed by atoms with Gasteiger partial charge in [-0.15, -0.1) is 0 Å². The first-order valence-electron chi connectivity index (χ1n) is 11.2. The molecule has 3 aromatic rings. The van der Waals surface area contributed by atoms with Crippen LogP contribution in [0, 0.1) is 12.7 Å². The van der Waals surface area contributed by atoms with Crippen molar-refractivity contribution in [2.24, 2.45) is 0 Å². The zero-order valence-corrected chi connectivity index (χ0v) is 19.7. The van der Waals surface area contributed by atoms with Crippen molar-refractivity contribution in [2.75, 3.05) is 13.1 Å².